The third kappa shape index (κ3) is 3.94. The zero-order chi connectivity index (χ0) is 18.8. The van der Waals surface area contributed by atoms with Crippen molar-refractivity contribution in [3.8, 4) is 17.2 Å². The molecule has 0 spiro atoms. The largest absolute Gasteiger partial charge is 0.490 e. The van der Waals surface area contributed by atoms with Gasteiger partial charge >= 0.3 is 0 Å². The molecule has 2 aliphatic heterocycles. The van der Waals surface area contributed by atoms with Crippen molar-refractivity contribution in [2.75, 3.05) is 13.2 Å². The number of nitrogens with one attached hydrogen (secondary N) is 1. The van der Waals surface area contributed by atoms with Crippen LogP contribution in [-0.4, -0.2) is 24.0 Å². The number of fused-ring (bicyclic) bond motifs is 2. The maximum atomic E-state index is 6.20. The molecule has 0 bridgehead atoms. The highest BCUT2D eigenvalue weighted by Crippen LogP contribution is 2.39. The Morgan fingerprint density at radius 2 is 1.89 bits per heavy atom. The van der Waals surface area contributed by atoms with Gasteiger partial charge in [0.25, 0.3) is 0 Å². The second-order valence-corrected chi connectivity index (χ2v) is 7.12. The number of rotatable bonds is 2. The first-order chi connectivity index (χ1) is 13.1. The summed E-state index contributed by atoms with van der Waals surface area (Å²) in [6.45, 7) is 1.29. The Kier molecular flexibility index (Phi) is 5.05. The monoisotopic (exact) mass is 403 g/mol. The summed E-state index contributed by atoms with van der Waals surface area (Å²) < 4.78 is 17.7. The molecular weight excluding hydrogens is 386 g/mol. The van der Waals surface area contributed by atoms with Crippen LogP contribution in [0.25, 0.3) is 0 Å². The lowest BCUT2D eigenvalue weighted by atomic mass is 9.95. The Morgan fingerprint density at radius 3 is 2.70 bits per heavy atom. The number of nitrogens with two attached hydrogens (primary N) is 1. The van der Waals surface area contributed by atoms with E-state index in [1.807, 2.05) is 30.3 Å². The van der Waals surface area contributed by atoms with Crippen molar-refractivity contribution in [3.05, 3.63) is 52.5 Å². The maximum Gasteiger partial charge on any atom is 0.184 e. The summed E-state index contributed by atoms with van der Waals surface area (Å²) in [6, 6.07) is 11.3. The van der Waals surface area contributed by atoms with Crippen molar-refractivity contribution in [2.24, 2.45) is 10.8 Å². The summed E-state index contributed by atoms with van der Waals surface area (Å²) in [5, 5.41) is 5.06. The van der Waals surface area contributed by atoms with Crippen LogP contribution in [0.3, 0.4) is 0 Å². The van der Waals surface area contributed by atoms with Crippen molar-refractivity contribution in [2.45, 2.75) is 18.9 Å². The topological polar surface area (TPSA) is 78.1 Å². The average molecular weight is 404 g/mol. The molecule has 140 valence electrons. The van der Waals surface area contributed by atoms with Crippen LogP contribution in [0.5, 0.6) is 17.2 Å². The fraction of sp³-hybridized carbons (Fsp3) is 0.263. The van der Waals surface area contributed by atoms with Crippen LogP contribution >= 0.6 is 23.8 Å². The van der Waals surface area contributed by atoms with Crippen LogP contribution in [0.15, 0.2) is 41.5 Å². The van der Waals surface area contributed by atoms with Crippen LogP contribution < -0.4 is 25.4 Å². The molecule has 0 radical (unpaired) electrons. The first-order valence-electron chi connectivity index (χ1n) is 8.58. The van der Waals surface area contributed by atoms with E-state index in [0.29, 0.717) is 30.4 Å². The van der Waals surface area contributed by atoms with Gasteiger partial charge in [-0.15, -0.1) is 0 Å². The zero-order valence-electron chi connectivity index (χ0n) is 14.4. The number of hydrogen-bond donors (Lipinski definition) is 2. The van der Waals surface area contributed by atoms with E-state index in [1.54, 1.807) is 6.07 Å². The lowest BCUT2D eigenvalue weighted by Gasteiger charge is -2.28. The molecule has 2 aromatic carbocycles. The molecule has 2 aromatic rings. The molecule has 4 rings (SSSR count). The first-order valence-corrected chi connectivity index (χ1v) is 9.37. The Bertz CT molecular complexity index is 919. The van der Waals surface area contributed by atoms with Crippen molar-refractivity contribution in [1.29, 1.82) is 0 Å². The van der Waals surface area contributed by atoms with Crippen LogP contribution in [0.4, 0.5) is 0 Å². The Balaban J connectivity index is 1.68. The third-order valence-corrected chi connectivity index (χ3v) is 4.67. The summed E-state index contributed by atoms with van der Waals surface area (Å²) in [5.41, 5.74) is 10.7. The fourth-order valence-corrected chi connectivity index (χ4v) is 3.32. The third-order valence-electron chi connectivity index (χ3n) is 4.34. The number of benzene rings is 2. The predicted molar refractivity (Wildman–Crippen MR) is 108 cm³/mol. The SMILES string of the molecule is NC(=S)N/N=C1\CC(c2ccc3c(c2)OCCCO3)Oc2ccc(Cl)cc21. The van der Waals surface area contributed by atoms with Crippen molar-refractivity contribution < 1.29 is 14.2 Å². The molecule has 1 unspecified atom stereocenters. The van der Waals surface area contributed by atoms with E-state index in [1.165, 1.54) is 0 Å². The van der Waals surface area contributed by atoms with Crippen LogP contribution in [-0.2, 0) is 0 Å². The molecule has 0 saturated heterocycles. The number of ether oxygens (including phenoxy) is 3. The van der Waals surface area contributed by atoms with Crippen LogP contribution in [0.1, 0.15) is 30.1 Å². The molecule has 2 aliphatic rings. The minimum absolute atomic E-state index is 0.102. The van der Waals surface area contributed by atoms with Gasteiger partial charge in [-0.05, 0) is 48.1 Å². The highest BCUT2D eigenvalue weighted by Gasteiger charge is 2.28. The Labute approximate surface area is 167 Å². The van der Waals surface area contributed by atoms with Crippen LogP contribution in [0.2, 0.25) is 5.02 Å². The quantitative estimate of drug-likeness (QED) is 0.589. The van der Waals surface area contributed by atoms with Gasteiger partial charge in [0.15, 0.2) is 16.6 Å². The first kappa shape index (κ1) is 17.9. The predicted octanol–water partition coefficient (Wildman–Crippen LogP) is 3.56. The number of nitrogens with zero attached hydrogens (tertiary/aromatic N) is 1. The van der Waals surface area contributed by atoms with E-state index in [-0.39, 0.29) is 11.2 Å². The fourth-order valence-electron chi connectivity index (χ4n) is 3.11. The Hall–Kier alpha value is -2.51. The van der Waals surface area contributed by atoms with E-state index in [2.05, 4.69) is 10.5 Å². The van der Waals surface area contributed by atoms with E-state index >= 15 is 0 Å². The van der Waals surface area contributed by atoms with Gasteiger partial charge in [-0.3, -0.25) is 5.43 Å². The number of hydrogen-bond acceptors (Lipinski definition) is 5. The van der Waals surface area contributed by atoms with Crippen molar-refractivity contribution in [1.82, 2.24) is 5.43 Å². The van der Waals surface area contributed by atoms with Gasteiger partial charge in [-0.2, -0.15) is 5.10 Å². The number of hydrazone groups is 1. The number of thiocarbonyl (C=S) groups is 1. The van der Waals surface area contributed by atoms with Gasteiger partial charge in [0.2, 0.25) is 0 Å². The van der Waals surface area contributed by atoms with Gasteiger partial charge in [0.05, 0.1) is 18.9 Å². The second kappa shape index (κ2) is 7.62. The highest BCUT2D eigenvalue weighted by molar-refractivity contribution is 7.80. The minimum atomic E-state index is -0.234. The molecule has 2 heterocycles. The molecule has 0 amide bonds. The van der Waals surface area contributed by atoms with Crippen molar-refractivity contribution in [3.63, 3.8) is 0 Å². The Morgan fingerprint density at radius 1 is 1.11 bits per heavy atom. The summed E-state index contributed by atoms with van der Waals surface area (Å²) in [4.78, 5) is 0. The molecule has 0 aromatic heterocycles. The molecule has 6 nitrogen and oxygen atoms in total. The van der Waals surface area contributed by atoms with E-state index < -0.39 is 0 Å². The molecule has 8 heteroatoms. The van der Waals surface area contributed by atoms with Gasteiger partial charge in [-0.25, -0.2) is 0 Å². The molecular formula is C19H18ClN3O3S. The summed E-state index contributed by atoms with van der Waals surface area (Å²) in [6.07, 6.45) is 1.16. The average Bonchev–Trinajstić information content (AvgIpc) is 2.90. The summed E-state index contributed by atoms with van der Waals surface area (Å²) >= 11 is 11.0. The molecule has 3 N–H and O–H groups in total. The zero-order valence-corrected chi connectivity index (χ0v) is 16.0. The maximum absolute atomic E-state index is 6.20. The van der Waals surface area contributed by atoms with Gasteiger partial charge < -0.3 is 19.9 Å². The highest BCUT2D eigenvalue weighted by atomic mass is 35.5. The normalized spacial score (nSPS) is 19.6. The van der Waals surface area contributed by atoms with E-state index in [9.17, 15) is 0 Å². The minimum Gasteiger partial charge on any atom is -0.490 e. The number of halogens is 1. The van der Waals surface area contributed by atoms with Gasteiger partial charge in [-0.1, -0.05) is 17.7 Å². The van der Waals surface area contributed by atoms with Gasteiger partial charge in [0.1, 0.15) is 11.9 Å². The second-order valence-electron chi connectivity index (χ2n) is 6.24. The van der Waals surface area contributed by atoms with Crippen molar-refractivity contribution >= 4 is 34.6 Å². The summed E-state index contributed by atoms with van der Waals surface area (Å²) in [7, 11) is 0. The molecule has 0 fully saturated rings. The van der Waals surface area contributed by atoms with Gasteiger partial charge in [0, 0.05) is 23.4 Å². The standard InChI is InChI=1S/C19H18ClN3O3S/c20-12-3-5-15-13(9-12)14(22-23-19(21)27)10-17(26-15)11-2-4-16-18(8-11)25-7-1-6-24-16/h2-5,8-9,17H,1,6-7,10H2,(H3,21,23,27)/b22-14+. The van der Waals surface area contributed by atoms with Crippen LogP contribution in [0, 0.1) is 0 Å². The molecule has 0 saturated carbocycles. The molecule has 1 atom stereocenters. The lowest BCUT2D eigenvalue weighted by molar-refractivity contribution is 0.205. The molecule has 0 aliphatic carbocycles. The smallest absolute Gasteiger partial charge is 0.184 e. The summed E-state index contributed by atoms with van der Waals surface area (Å²) in [5.74, 6) is 2.18. The van der Waals surface area contributed by atoms with E-state index in [0.717, 1.165) is 34.8 Å². The van der Waals surface area contributed by atoms with E-state index in [4.69, 9.17) is 43.8 Å². The molecule has 27 heavy (non-hydrogen) atoms. The lowest BCUT2D eigenvalue weighted by Crippen LogP contribution is -2.28.